The van der Waals surface area contributed by atoms with Gasteiger partial charge in [-0.05, 0) is 42.8 Å². The number of hydrogen-bond donors (Lipinski definition) is 2. The van der Waals surface area contributed by atoms with Crippen molar-refractivity contribution in [1.29, 1.82) is 0 Å². The molecule has 1 atom stereocenters. The predicted molar refractivity (Wildman–Crippen MR) is 82.9 cm³/mol. The second-order valence-electron chi connectivity index (χ2n) is 5.41. The Balaban J connectivity index is 1.57. The minimum Gasteiger partial charge on any atom is -0.466 e. The normalized spacial score (nSPS) is 15.6. The van der Waals surface area contributed by atoms with Crippen molar-refractivity contribution in [3.05, 3.63) is 54.0 Å². The number of hydrogen-bond acceptors (Lipinski definition) is 5. The quantitative estimate of drug-likeness (QED) is 0.825. The Morgan fingerprint density at radius 1 is 1.35 bits per heavy atom. The molecule has 2 heterocycles. The summed E-state index contributed by atoms with van der Waals surface area (Å²) in [5.74, 6) is 1.45. The molecule has 0 aliphatic carbocycles. The third kappa shape index (κ3) is 3.54. The number of fused-ring (bicyclic) bond motifs is 1. The second kappa shape index (κ2) is 6.18. The average Bonchev–Trinajstić information content (AvgIpc) is 3.21. The van der Waals surface area contributed by atoms with Crippen molar-refractivity contribution in [2.75, 3.05) is 13.3 Å². The van der Waals surface area contributed by atoms with Gasteiger partial charge in [0.1, 0.15) is 11.4 Å². The molecule has 6 heteroatoms. The topological polar surface area (TPSA) is 80.9 Å². The molecular formula is C17H17NO5. The SMILES string of the molecule is C[C@@](O)(CNC(=O)/C=C/c1ccc2c(c1)OCO2)c1ccco1. The van der Waals surface area contributed by atoms with E-state index in [1.807, 2.05) is 6.07 Å². The van der Waals surface area contributed by atoms with Crippen molar-refractivity contribution >= 4 is 12.0 Å². The van der Waals surface area contributed by atoms with E-state index >= 15 is 0 Å². The molecule has 1 aromatic heterocycles. The van der Waals surface area contributed by atoms with Crippen molar-refractivity contribution < 1.29 is 23.8 Å². The van der Waals surface area contributed by atoms with Gasteiger partial charge in [0.05, 0.1) is 12.8 Å². The van der Waals surface area contributed by atoms with Crippen LogP contribution in [0.2, 0.25) is 0 Å². The van der Waals surface area contributed by atoms with Gasteiger partial charge in [-0.3, -0.25) is 4.79 Å². The summed E-state index contributed by atoms with van der Waals surface area (Å²) >= 11 is 0. The van der Waals surface area contributed by atoms with Crippen LogP contribution < -0.4 is 14.8 Å². The number of furan rings is 1. The van der Waals surface area contributed by atoms with Gasteiger partial charge in [0, 0.05) is 6.08 Å². The summed E-state index contributed by atoms with van der Waals surface area (Å²) in [5.41, 5.74) is -0.437. The van der Waals surface area contributed by atoms with E-state index in [1.165, 1.54) is 12.3 Å². The van der Waals surface area contributed by atoms with Crippen LogP contribution in [0.4, 0.5) is 0 Å². The fourth-order valence-electron chi connectivity index (χ4n) is 2.18. The summed E-state index contributed by atoms with van der Waals surface area (Å²) in [7, 11) is 0. The summed E-state index contributed by atoms with van der Waals surface area (Å²) in [6, 6.07) is 8.77. The highest BCUT2D eigenvalue weighted by molar-refractivity contribution is 5.91. The van der Waals surface area contributed by atoms with Crippen LogP contribution in [0, 0.1) is 0 Å². The van der Waals surface area contributed by atoms with Crippen LogP contribution in [0.1, 0.15) is 18.2 Å². The molecule has 1 aliphatic heterocycles. The van der Waals surface area contributed by atoms with Crippen molar-refractivity contribution in [2.45, 2.75) is 12.5 Å². The lowest BCUT2D eigenvalue weighted by molar-refractivity contribution is -0.117. The molecule has 0 saturated heterocycles. The number of nitrogens with one attached hydrogen (secondary N) is 1. The van der Waals surface area contributed by atoms with Crippen LogP contribution in [-0.4, -0.2) is 24.4 Å². The first kappa shape index (κ1) is 15.2. The van der Waals surface area contributed by atoms with Gasteiger partial charge in [0.2, 0.25) is 12.7 Å². The van der Waals surface area contributed by atoms with Crippen LogP contribution in [0.3, 0.4) is 0 Å². The summed E-state index contributed by atoms with van der Waals surface area (Å²) in [6.45, 7) is 1.84. The van der Waals surface area contributed by atoms with Crippen LogP contribution >= 0.6 is 0 Å². The lowest BCUT2D eigenvalue weighted by Gasteiger charge is -2.20. The van der Waals surface area contributed by atoms with Gasteiger partial charge in [-0.25, -0.2) is 0 Å². The molecule has 0 saturated carbocycles. The van der Waals surface area contributed by atoms with Gasteiger partial charge in [-0.1, -0.05) is 6.07 Å². The van der Waals surface area contributed by atoms with Gasteiger partial charge in [0.25, 0.3) is 0 Å². The Morgan fingerprint density at radius 3 is 2.96 bits per heavy atom. The van der Waals surface area contributed by atoms with Gasteiger partial charge in [0.15, 0.2) is 11.5 Å². The van der Waals surface area contributed by atoms with Crippen LogP contribution in [-0.2, 0) is 10.4 Å². The Bertz CT molecular complexity index is 719. The number of carbonyl (C=O) groups is 1. The molecule has 0 fully saturated rings. The number of amides is 1. The van der Waals surface area contributed by atoms with E-state index in [4.69, 9.17) is 13.9 Å². The molecule has 120 valence electrons. The smallest absolute Gasteiger partial charge is 0.244 e. The molecule has 3 rings (SSSR count). The van der Waals surface area contributed by atoms with Gasteiger partial charge in [-0.2, -0.15) is 0 Å². The number of carbonyl (C=O) groups excluding carboxylic acids is 1. The Labute approximate surface area is 133 Å². The summed E-state index contributed by atoms with van der Waals surface area (Å²) in [4.78, 5) is 11.9. The minimum atomic E-state index is -1.26. The van der Waals surface area contributed by atoms with E-state index in [0.29, 0.717) is 17.3 Å². The molecule has 1 aromatic carbocycles. The molecule has 0 unspecified atom stereocenters. The predicted octanol–water partition coefficient (Wildman–Crippen LogP) is 2.05. The fourth-order valence-corrected chi connectivity index (χ4v) is 2.18. The standard InChI is InChI=1S/C17H17NO5/c1-17(20,15-3-2-8-21-15)10-18-16(19)7-5-12-4-6-13-14(9-12)23-11-22-13/h2-9,20H,10-11H2,1H3,(H,18,19)/b7-5+/t17-/m1/s1. The van der Waals surface area contributed by atoms with E-state index in [1.54, 1.807) is 37.3 Å². The molecule has 0 radical (unpaired) electrons. The van der Waals surface area contributed by atoms with Crippen molar-refractivity contribution in [1.82, 2.24) is 5.32 Å². The van der Waals surface area contributed by atoms with Crippen LogP contribution in [0.15, 0.2) is 47.1 Å². The third-order valence-electron chi connectivity index (χ3n) is 3.48. The molecule has 6 nitrogen and oxygen atoms in total. The Morgan fingerprint density at radius 2 is 2.17 bits per heavy atom. The molecule has 1 amide bonds. The molecule has 0 bridgehead atoms. The zero-order valence-corrected chi connectivity index (χ0v) is 12.6. The Kier molecular flexibility index (Phi) is 4.08. The van der Waals surface area contributed by atoms with Crippen molar-refractivity contribution in [3.8, 4) is 11.5 Å². The molecule has 23 heavy (non-hydrogen) atoms. The first-order valence-electron chi connectivity index (χ1n) is 7.16. The molecule has 2 N–H and O–H groups in total. The zero-order chi connectivity index (χ0) is 16.3. The first-order valence-corrected chi connectivity index (χ1v) is 7.16. The maximum absolute atomic E-state index is 11.9. The van der Waals surface area contributed by atoms with E-state index in [9.17, 15) is 9.90 Å². The number of benzene rings is 1. The minimum absolute atomic E-state index is 0.0465. The number of aliphatic hydroxyl groups is 1. The third-order valence-corrected chi connectivity index (χ3v) is 3.48. The van der Waals surface area contributed by atoms with E-state index in [0.717, 1.165) is 5.56 Å². The van der Waals surface area contributed by atoms with E-state index in [2.05, 4.69) is 5.32 Å². The van der Waals surface area contributed by atoms with Gasteiger partial charge < -0.3 is 24.3 Å². The molecule has 0 spiro atoms. The summed E-state index contributed by atoms with van der Waals surface area (Å²) in [5, 5.41) is 12.9. The zero-order valence-electron chi connectivity index (χ0n) is 12.6. The van der Waals surface area contributed by atoms with Crippen molar-refractivity contribution in [2.24, 2.45) is 0 Å². The monoisotopic (exact) mass is 315 g/mol. The molecular weight excluding hydrogens is 298 g/mol. The summed E-state index contributed by atoms with van der Waals surface area (Å²) < 4.78 is 15.7. The van der Waals surface area contributed by atoms with Gasteiger partial charge in [-0.15, -0.1) is 0 Å². The average molecular weight is 315 g/mol. The lowest BCUT2D eigenvalue weighted by atomic mass is 10.0. The largest absolute Gasteiger partial charge is 0.466 e. The van der Waals surface area contributed by atoms with Gasteiger partial charge >= 0.3 is 0 Å². The molecule has 1 aliphatic rings. The maximum Gasteiger partial charge on any atom is 0.244 e. The van der Waals surface area contributed by atoms with Crippen molar-refractivity contribution in [3.63, 3.8) is 0 Å². The highest BCUT2D eigenvalue weighted by atomic mass is 16.7. The lowest BCUT2D eigenvalue weighted by Crippen LogP contribution is -2.37. The second-order valence-corrected chi connectivity index (χ2v) is 5.41. The Hall–Kier alpha value is -2.73. The fraction of sp³-hybridized carbons (Fsp3) is 0.235. The molecule has 2 aromatic rings. The number of ether oxygens (including phenoxy) is 2. The highest BCUT2D eigenvalue weighted by Gasteiger charge is 2.26. The van der Waals surface area contributed by atoms with E-state index in [-0.39, 0.29) is 19.2 Å². The first-order chi connectivity index (χ1) is 11.0. The summed E-state index contributed by atoms with van der Waals surface area (Å²) in [6.07, 6.45) is 4.54. The highest BCUT2D eigenvalue weighted by Crippen LogP contribution is 2.32. The van der Waals surface area contributed by atoms with E-state index < -0.39 is 5.60 Å². The van der Waals surface area contributed by atoms with Crippen LogP contribution in [0.25, 0.3) is 6.08 Å². The number of rotatable bonds is 5. The maximum atomic E-state index is 11.9. The van der Waals surface area contributed by atoms with Crippen LogP contribution in [0.5, 0.6) is 11.5 Å².